The van der Waals surface area contributed by atoms with Gasteiger partial charge in [-0.3, -0.25) is 0 Å². The molecule has 0 heterocycles. The van der Waals surface area contributed by atoms with Crippen molar-refractivity contribution in [2.45, 2.75) is 18.9 Å². The van der Waals surface area contributed by atoms with E-state index in [4.69, 9.17) is 5.73 Å². The summed E-state index contributed by atoms with van der Waals surface area (Å²) in [6.45, 7) is 0.636. The first-order chi connectivity index (χ1) is 10.5. The molecule has 2 N–H and O–H groups in total. The summed E-state index contributed by atoms with van der Waals surface area (Å²) >= 11 is 2.27. The molecule has 0 saturated heterocycles. The third kappa shape index (κ3) is 6.78. The van der Waals surface area contributed by atoms with E-state index >= 15 is 0 Å². The molecule has 0 fully saturated rings. The van der Waals surface area contributed by atoms with Crippen molar-refractivity contribution in [1.29, 1.82) is 0 Å². The summed E-state index contributed by atoms with van der Waals surface area (Å²) in [4.78, 5) is 0. The smallest absolute Gasteiger partial charge is 0.326 e. The Morgan fingerprint density at radius 2 is 1.22 bits per heavy atom. The monoisotopic (exact) mass is 447 g/mol. The minimum absolute atomic E-state index is 0.0833. The molecule has 0 spiro atoms. The van der Waals surface area contributed by atoms with E-state index in [0.717, 1.165) is 6.07 Å². The van der Waals surface area contributed by atoms with Gasteiger partial charge in [0.2, 0.25) is 0 Å². The Bertz CT molecular complexity index is 590. The summed E-state index contributed by atoms with van der Waals surface area (Å²) in [5.41, 5.74) is 3.99. The molecule has 1 nitrogen and oxygen atoms in total. The van der Waals surface area contributed by atoms with Crippen LogP contribution >= 0.6 is 22.6 Å². The molecule has 0 saturated carbocycles. The minimum atomic E-state index is -4.75. The van der Waals surface area contributed by atoms with Crippen molar-refractivity contribution in [3.05, 3.63) is 68.8 Å². The van der Waals surface area contributed by atoms with Gasteiger partial charge in [0.05, 0.1) is 11.1 Å². The van der Waals surface area contributed by atoms with Gasteiger partial charge in [0.15, 0.2) is 0 Å². The van der Waals surface area contributed by atoms with E-state index in [2.05, 4.69) is 34.7 Å². The van der Waals surface area contributed by atoms with Crippen LogP contribution in [0.3, 0.4) is 0 Å². The van der Waals surface area contributed by atoms with Crippen LogP contribution in [0.15, 0.2) is 48.5 Å². The van der Waals surface area contributed by atoms with Crippen LogP contribution in [-0.4, -0.2) is 0 Å². The molecule has 0 aromatic heterocycles. The summed E-state index contributed by atoms with van der Waals surface area (Å²) < 4.78 is 73.2. The Balaban J connectivity index is 0.000000253. The normalized spacial score (nSPS) is 11.7. The highest BCUT2D eigenvalue weighted by molar-refractivity contribution is 14.1. The van der Waals surface area contributed by atoms with Gasteiger partial charge < -0.3 is 5.73 Å². The lowest BCUT2D eigenvalue weighted by Gasteiger charge is -2.10. The van der Waals surface area contributed by atoms with Gasteiger partial charge in [0, 0.05) is 10.1 Å². The SMILES string of the molecule is FC(F)(F)c1cccc(C(F)(F)F)c1.NCc1ccc(I)cc1. The van der Waals surface area contributed by atoms with E-state index in [1.165, 1.54) is 9.13 Å². The van der Waals surface area contributed by atoms with Crippen molar-refractivity contribution in [2.75, 3.05) is 0 Å². The molecule has 0 amide bonds. The molecule has 23 heavy (non-hydrogen) atoms. The minimum Gasteiger partial charge on any atom is -0.326 e. The molecule has 2 rings (SSSR count). The summed E-state index contributed by atoms with van der Waals surface area (Å²) in [5.74, 6) is 0. The molecule has 126 valence electrons. The Morgan fingerprint density at radius 1 is 0.783 bits per heavy atom. The molecule has 0 radical (unpaired) electrons. The highest BCUT2D eigenvalue weighted by Crippen LogP contribution is 2.34. The van der Waals surface area contributed by atoms with Gasteiger partial charge in [-0.25, -0.2) is 0 Å². The van der Waals surface area contributed by atoms with Gasteiger partial charge in [-0.2, -0.15) is 26.3 Å². The van der Waals surface area contributed by atoms with Gasteiger partial charge in [-0.15, -0.1) is 0 Å². The second-order valence-electron chi connectivity index (χ2n) is 4.41. The van der Waals surface area contributed by atoms with Gasteiger partial charge in [0.1, 0.15) is 0 Å². The highest BCUT2D eigenvalue weighted by atomic mass is 127. The van der Waals surface area contributed by atoms with Crippen LogP contribution in [0.4, 0.5) is 26.3 Å². The number of rotatable bonds is 1. The van der Waals surface area contributed by atoms with Gasteiger partial charge in [-0.05, 0) is 58.5 Å². The number of alkyl halides is 6. The van der Waals surface area contributed by atoms with Crippen molar-refractivity contribution in [3.63, 3.8) is 0 Å². The summed E-state index contributed by atoms with van der Waals surface area (Å²) in [6.07, 6.45) is -9.50. The number of hydrogen-bond acceptors (Lipinski definition) is 1. The van der Waals surface area contributed by atoms with Crippen molar-refractivity contribution >= 4 is 22.6 Å². The topological polar surface area (TPSA) is 26.0 Å². The predicted octanol–water partition coefficient (Wildman–Crippen LogP) is 5.47. The van der Waals surface area contributed by atoms with Crippen LogP contribution in [0.1, 0.15) is 16.7 Å². The molecule has 0 unspecified atom stereocenters. The average molecular weight is 447 g/mol. The summed E-state index contributed by atoms with van der Waals surface area (Å²) in [6, 6.07) is 10.2. The maximum atomic E-state index is 12.0. The second-order valence-corrected chi connectivity index (χ2v) is 5.65. The Morgan fingerprint density at radius 3 is 1.57 bits per heavy atom. The predicted molar refractivity (Wildman–Crippen MR) is 83.5 cm³/mol. The molecular weight excluding hydrogens is 435 g/mol. The molecule has 0 aliphatic rings. The van der Waals surface area contributed by atoms with Crippen LogP contribution in [-0.2, 0) is 18.9 Å². The standard InChI is InChI=1S/C8H4F6.C7H8IN/c9-7(10,11)5-2-1-3-6(4-5)8(12,13)14;8-7-3-1-6(5-9)2-4-7/h1-4H;1-4H,5,9H2. The highest BCUT2D eigenvalue weighted by Gasteiger charge is 2.35. The van der Waals surface area contributed by atoms with Crippen molar-refractivity contribution in [3.8, 4) is 0 Å². The zero-order valence-electron chi connectivity index (χ0n) is 11.5. The van der Waals surface area contributed by atoms with E-state index in [1.54, 1.807) is 0 Å². The molecule has 2 aromatic rings. The van der Waals surface area contributed by atoms with E-state index in [-0.39, 0.29) is 6.07 Å². The molecule has 0 aliphatic carbocycles. The van der Waals surface area contributed by atoms with Gasteiger partial charge >= 0.3 is 12.4 Å². The number of hydrogen-bond donors (Lipinski definition) is 1. The van der Waals surface area contributed by atoms with Crippen molar-refractivity contribution < 1.29 is 26.3 Å². The zero-order valence-corrected chi connectivity index (χ0v) is 13.7. The first kappa shape index (κ1) is 19.8. The molecule has 0 bridgehead atoms. The molecule has 2 aromatic carbocycles. The molecule has 0 aliphatic heterocycles. The lowest BCUT2D eigenvalue weighted by Crippen LogP contribution is -2.09. The van der Waals surface area contributed by atoms with Crippen LogP contribution in [0.25, 0.3) is 0 Å². The fourth-order valence-electron chi connectivity index (χ4n) is 1.49. The van der Waals surface area contributed by atoms with Gasteiger partial charge in [0.25, 0.3) is 0 Å². The van der Waals surface area contributed by atoms with E-state index < -0.39 is 23.5 Å². The number of nitrogens with two attached hydrogens (primary N) is 1. The van der Waals surface area contributed by atoms with Crippen LogP contribution in [0, 0.1) is 3.57 Å². The van der Waals surface area contributed by atoms with E-state index in [0.29, 0.717) is 18.7 Å². The largest absolute Gasteiger partial charge is 0.416 e. The summed E-state index contributed by atoms with van der Waals surface area (Å²) in [7, 11) is 0. The fourth-order valence-corrected chi connectivity index (χ4v) is 1.85. The third-order valence-electron chi connectivity index (χ3n) is 2.67. The number of benzene rings is 2. The average Bonchev–Trinajstić information content (AvgIpc) is 2.47. The molecule has 8 heteroatoms. The first-order valence-electron chi connectivity index (χ1n) is 6.23. The van der Waals surface area contributed by atoms with Gasteiger partial charge in [-0.1, -0.05) is 18.2 Å². The maximum Gasteiger partial charge on any atom is 0.416 e. The van der Waals surface area contributed by atoms with Crippen LogP contribution < -0.4 is 5.73 Å². The quantitative estimate of drug-likeness (QED) is 0.455. The van der Waals surface area contributed by atoms with Crippen LogP contribution in [0.5, 0.6) is 0 Å². The summed E-state index contributed by atoms with van der Waals surface area (Å²) in [5, 5.41) is 0. The molecular formula is C15H12F6IN. The fraction of sp³-hybridized carbons (Fsp3) is 0.200. The lowest BCUT2D eigenvalue weighted by atomic mass is 10.1. The first-order valence-corrected chi connectivity index (χ1v) is 7.31. The zero-order chi connectivity index (χ0) is 17.7. The third-order valence-corrected chi connectivity index (χ3v) is 3.39. The van der Waals surface area contributed by atoms with Crippen LogP contribution in [0.2, 0.25) is 0 Å². The maximum absolute atomic E-state index is 12.0. The lowest BCUT2D eigenvalue weighted by molar-refractivity contribution is -0.143. The second kappa shape index (κ2) is 8.00. The molecule has 0 atom stereocenters. The van der Waals surface area contributed by atoms with E-state index in [9.17, 15) is 26.3 Å². The Hall–Kier alpha value is -1.29. The Kier molecular flexibility index (Phi) is 6.87. The number of halogens is 7. The van der Waals surface area contributed by atoms with Crippen molar-refractivity contribution in [2.24, 2.45) is 5.73 Å². The van der Waals surface area contributed by atoms with Crippen molar-refractivity contribution in [1.82, 2.24) is 0 Å². The van der Waals surface area contributed by atoms with E-state index in [1.807, 2.05) is 12.1 Å². The Labute approximate surface area is 142 Å².